The van der Waals surface area contributed by atoms with Crippen LogP contribution in [-0.4, -0.2) is 36.5 Å². The molecule has 1 amide bonds. The largest absolute Gasteiger partial charge is 0.370 e. The second kappa shape index (κ2) is 7.98. The van der Waals surface area contributed by atoms with Crippen LogP contribution >= 0.6 is 28.3 Å². The van der Waals surface area contributed by atoms with Crippen LogP contribution in [0.3, 0.4) is 0 Å². The zero-order valence-corrected chi connectivity index (χ0v) is 13.8. The first-order chi connectivity index (χ1) is 9.06. The molecule has 2 atom stereocenters. The Bertz CT molecular complexity index is 457. The summed E-state index contributed by atoms with van der Waals surface area (Å²) in [5, 5.41) is 0. The molecule has 1 aromatic carbocycles. The first-order valence-corrected chi connectivity index (χ1v) is 7.26. The van der Waals surface area contributed by atoms with Gasteiger partial charge in [0.05, 0.1) is 13.2 Å². The van der Waals surface area contributed by atoms with Crippen LogP contribution in [0.15, 0.2) is 28.7 Å². The van der Waals surface area contributed by atoms with Gasteiger partial charge in [-0.25, -0.2) is 0 Å². The molecule has 2 N–H and O–H groups in total. The zero-order chi connectivity index (χ0) is 13.8. The smallest absolute Gasteiger partial charge is 0.224 e. The lowest BCUT2D eigenvalue weighted by Crippen LogP contribution is -2.43. The van der Waals surface area contributed by atoms with Crippen LogP contribution in [0.25, 0.3) is 0 Å². The van der Waals surface area contributed by atoms with E-state index < -0.39 is 0 Å². The minimum absolute atomic E-state index is 0. The van der Waals surface area contributed by atoms with Gasteiger partial charge >= 0.3 is 0 Å². The Morgan fingerprint density at radius 1 is 1.60 bits per heavy atom. The van der Waals surface area contributed by atoms with Crippen molar-refractivity contribution in [2.24, 2.45) is 5.73 Å². The summed E-state index contributed by atoms with van der Waals surface area (Å²) in [5.74, 6) is 0.110. The minimum atomic E-state index is -0.0975. The minimum Gasteiger partial charge on any atom is -0.370 e. The number of halogens is 2. The van der Waals surface area contributed by atoms with Crippen molar-refractivity contribution >= 4 is 34.2 Å². The van der Waals surface area contributed by atoms with E-state index in [1.807, 2.05) is 36.1 Å². The molecule has 1 aromatic rings. The topological polar surface area (TPSA) is 55.6 Å². The number of nitrogens with two attached hydrogens (primary N) is 1. The maximum atomic E-state index is 12.0. The summed E-state index contributed by atoms with van der Waals surface area (Å²) in [6, 6.07) is 7.91. The van der Waals surface area contributed by atoms with Gasteiger partial charge in [-0.05, 0) is 24.6 Å². The third-order valence-electron chi connectivity index (χ3n) is 3.14. The highest BCUT2D eigenvalue weighted by Gasteiger charge is 2.25. The highest BCUT2D eigenvalue weighted by atomic mass is 79.9. The average molecular weight is 364 g/mol. The lowest BCUT2D eigenvalue weighted by Gasteiger charge is -2.33. The Labute approximate surface area is 134 Å². The molecular formula is C14H20BrClN2O2. The average Bonchev–Trinajstić information content (AvgIpc) is 2.38. The molecule has 20 heavy (non-hydrogen) atoms. The van der Waals surface area contributed by atoms with E-state index in [0.717, 1.165) is 10.0 Å². The molecule has 0 radical (unpaired) electrons. The summed E-state index contributed by atoms with van der Waals surface area (Å²) in [5.41, 5.74) is 6.77. The molecule has 1 fully saturated rings. The van der Waals surface area contributed by atoms with Crippen LogP contribution in [0.2, 0.25) is 0 Å². The summed E-state index contributed by atoms with van der Waals surface area (Å²) < 4.78 is 6.78. The number of nitrogens with zero attached hydrogens (tertiary/aromatic N) is 1. The maximum Gasteiger partial charge on any atom is 0.224 e. The lowest BCUT2D eigenvalue weighted by atomic mass is 10.1. The first-order valence-electron chi connectivity index (χ1n) is 6.46. The summed E-state index contributed by atoms with van der Waals surface area (Å²) in [4.78, 5) is 13.9. The van der Waals surface area contributed by atoms with E-state index in [4.69, 9.17) is 10.5 Å². The van der Waals surface area contributed by atoms with Gasteiger partial charge in [0.2, 0.25) is 5.91 Å². The highest BCUT2D eigenvalue weighted by Crippen LogP contribution is 2.25. The van der Waals surface area contributed by atoms with Crippen molar-refractivity contribution in [3.8, 4) is 0 Å². The van der Waals surface area contributed by atoms with Crippen molar-refractivity contribution in [3.63, 3.8) is 0 Å². The van der Waals surface area contributed by atoms with Crippen molar-refractivity contribution in [1.82, 2.24) is 4.90 Å². The molecule has 0 saturated carbocycles. The van der Waals surface area contributed by atoms with E-state index in [9.17, 15) is 4.79 Å². The summed E-state index contributed by atoms with van der Waals surface area (Å²) in [6.07, 6.45) is 0.342. The summed E-state index contributed by atoms with van der Waals surface area (Å²) >= 11 is 3.45. The molecule has 2 unspecified atom stereocenters. The van der Waals surface area contributed by atoms with Crippen LogP contribution in [0.1, 0.15) is 25.0 Å². The zero-order valence-electron chi connectivity index (χ0n) is 11.4. The Balaban J connectivity index is 0.00000200. The first kappa shape index (κ1) is 17.4. The van der Waals surface area contributed by atoms with Crippen LogP contribution in [0, 0.1) is 0 Å². The monoisotopic (exact) mass is 362 g/mol. The van der Waals surface area contributed by atoms with Gasteiger partial charge in [0.15, 0.2) is 0 Å². The van der Waals surface area contributed by atoms with Crippen molar-refractivity contribution in [2.45, 2.75) is 25.5 Å². The predicted molar refractivity (Wildman–Crippen MR) is 84.9 cm³/mol. The maximum absolute atomic E-state index is 12.0. The Morgan fingerprint density at radius 2 is 2.35 bits per heavy atom. The van der Waals surface area contributed by atoms with Gasteiger partial charge in [-0.15, -0.1) is 12.4 Å². The molecule has 1 saturated heterocycles. The van der Waals surface area contributed by atoms with E-state index >= 15 is 0 Å². The van der Waals surface area contributed by atoms with Crippen molar-refractivity contribution in [1.29, 1.82) is 0 Å². The molecule has 112 valence electrons. The number of rotatable bonds is 3. The van der Waals surface area contributed by atoms with Crippen molar-refractivity contribution in [3.05, 3.63) is 34.3 Å². The van der Waals surface area contributed by atoms with Gasteiger partial charge in [-0.2, -0.15) is 0 Å². The molecule has 0 spiro atoms. The predicted octanol–water partition coefficient (Wildman–Crippen LogP) is 2.51. The lowest BCUT2D eigenvalue weighted by molar-refractivity contribution is -0.139. The van der Waals surface area contributed by atoms with E-state index in [2.05, 4.69) is 15.9 Å². The van der Waals surface area contributed by atoms with Gasteiger partial charge < -0.3 is 15.4 Å². The number of ether oxygens (including phenoxy) is 1. The normalized spacial score (nSPS) is 20.1. The number of hydrogen-bond donors (Lipinski definition) is 1. The Hall–Kier alpha value is -0.620. The van der Waals surface area contributed by atoms with Gasteiger partial charge in [0.25, 0.3) is 0 Å². The number of carbonyl (C=O) groups excluding carboxylic acids is 1. The molecule has 6 heteroatoms. The molecule has 1 aliphatic heterocycles. The van der Waals surface area contributed by atoms with Gasteiger partial charge in [-0.1, -0.05) is 28.1 Å². The van der Waals surface area contributed by atoms with Crippen LogP contribution in [0.4, 0.5) is 0 Å². The number of hydrogen-bond acceptors (Lipinski definition) is 3. The second-order valence-electron chi connectivity index (χ2n) is 4.94. The van der Waals surface area contributed by atoms with Crippen LogP contribution in [0.5, 0.6) is 0 Å². The molecular weight excluding hydrogens is 344 g/mol. The molecule has 4 nitrogen and oxygen atoms in total. The third-order valence-corrected chi connectivity index (χ3v) is 3.63. The van der Waals surface area contributed by atoms with E-state index in [0.29, 0.717) is 26.1 Å². The molecule has 0 aliphatic carbocycles. The standard InChI is InChI=1S/C14H19BrN2O2.ClH/c1-10(16)7-14(18)17-5-6-19-13(9-17)11-3-2-4-12(15)8-11;/h2-4,8,10,13H,5-7,9,16H2,1H3;1H. The van der Waals surface area contributed by atoms with E-state index in [-0.39, 0.29) is 30.5 Å². The van der Waals surface area contributed by atoms with Crippen molar-refractivity contribution < 1.29 is 9.53 Å². The fourth-order valence-electron chi connectivity index (χ4n) is 2.19. The van der Waals surface area contributed by atoms with Gasteiger partial charge in [0.1, 0.15) is 6.10 Å². The quantitative estimate of drug-likeness (QED) is 0.898. The van der Waals surface area contributed by atoms with Crippen molar-refractivity contribution in [2.75, 3.05) is 19.7 Å². The molecule has 2 rings (SSSR count). The fraction of sp³-hybridized carbons (Fsp3) is 0.500. The molecule has 0 aromatic heterocycles. The molecule has 1 heterocycles. The number of benzene rings is 1. The number of morpholine rings is 1. The Kier molecular flexibility index (Phi) is 6.95. The van der Waals surface area contributed by atoms with E-state index in [1.54, 1.807) is 0 Å². The number of carbonyl (C=O) groups is 1. The second-order valence-corrected chi connectivity index (χ2v) is 5.85. The highest BCUT2D eigenvalue weighted by molar-refractivity contribution is 9.10. The number of amides is 1. The van der Waals surface area contributed by atoms with Crippen LogP contribution in [-0.2, 0) is 9.53 Å². The molecule has 0 bridgehead atoms. The molecule has 1 aliphatic rings. The Morgan fingerprint density at radius 3 is 3.00 bits per heavy atom. The van der Waals surface area contributed by atoms with Gasteiger partial charge in [0, 0.05) is 23.5 Å². The summed E-state index contributed by atoms with van der Waals surface area (Å²) in [6.45, 7) is 3.67. The van der Waals surface area contributed by atoms with Crippen LogP contribution < -0.4 is 5.73 Å². The summed E-state index contributed by atoms with van der Waals surface area (Å²) in [7, 11) is 0. The van der Waals surface area contributed by atoms with Gasteiger partial charge in [-0.3, -0.25) is 4.79 Å². The SMILES string of the molecule is CC(N)CC(=O)N1CCOC(c2cccc(Br)c2)C1.Cl. The third kappa shape index (κ3) is 4.74. The van der Waals surface area contributed by atoms with E-state index in [1.165, 1.54) is 0 Å². The fourth-order valence-corrected chi connectivity index (χ4v) is 2.61.